The Balaban J connectivity index is 1.96. The molecule has 0 aliphatic heterocycles. The van der Waals surface area contributed by atoms with Gasteiger partial charge in [-0.3, -0.25) is 4.79 Å². The molecule has 0 aliphatic carbocycles. The van der Waals surface area contributed by atoms with E-state index in [4.69, 9.17) is 0 Å². The summed E-state index contributed by atoms with van der Waals surface area (Å²) in [5.41, 5.74) is 3.07. The van der Waals surface area contributed by atoms with E-state index in [1.165, 1.54) is 11.1 Å². The summed E-state index contributed by atoms with van der Waals surface area (Å²) in [5.74, 6) is 0.602. The zero-order valence-corrected chi connectivity index (χ0v) is 12.8. The van der Waals surface area contributed by atoms with Crippen LogP contribution in [-0.4, -0.2) is 31.5 Å². The Kier molecular flexibility index (Phi) is 4.93. The lowest BCUT2D eigenvalue weighted by Gasteiger charge is -2.15. The minimum Gasteiger partial charge on any atom is -0.362 e. The first-order chi connectivity index (χ1) is 10.1. The molecule has 4 heteroatoms. The normalized spacial score (nSPS) is 10.2. The van der Waals surface area contributed by atoms with Crippen molar-refractivity contribution in [3.63, 3.8) is 0 Å². The lowest BCUT2D eigenvalue weighted by atomic mass is 10.1. The van der Waals surface area contributed by atoms with Crippen LogP contribution < -0.4 is 10.2 Å². The largest absolute Gasteiger partial charge is 0.362 e. The zero-order chi connectivity index (χ0) is 15.2. The smallest absolute Gasteiger partial charge is 0.255 e. The molecule has 1 aromatic heterocycles. The van der Waals surface area contributed by atoms with Crippen molar-refractivity contribution in [2.45, 2.75) is 13.3 Å². The summed E-state index contributed by atoms with van der Waals surface area (Å²) in [6, 6.07) is 11.9. The second-order valence-electron chi connectivity index (χ2n) is 5.26. The van der Waals surface area contributed by atoms with E-state index in [9.17, 15) is 4.79 Å². The van der Waals surface area contributed by atoms with Crippen molar-refractivity contribution in [1.29, 1.82) is 0 Å². The van der Waals surface area contributed by atoms with Crippen LogP contribution >= 0.6 is 0 Å². The first kappa shape index (κ1) is 15.0. The predicted molar refractivity (Wildman–Crippen MR) is 85.8 cm³/mol. The van der Waals surface area contributed by atoms with Crippen LogP contribution in [0, 0.1) is 6.92 Å². The molecular formula is C17H21N3O. The zero-order valence-electron chi connectivity index (χ0n) is 12.8. The molecule has 0 spiro atoms. The van der Waals surface area contributed by atoms with Gasteiger partial charge in [0.25, 0.3) is 5.91 Å². The van der Waals surface area contributed by atoms with Crippen molar-refractivity contribution < 1.29 is 4.79 Å². The fourth-order valence-corrected chi connectivity index (χ4v) is 2.21. The van der Waals surface area contributed by atoms with Gasteiger partial charge in [-0.25, -0.2) is 4.98 Å². The van der Waals surface area contributed by atoms with Crippen molar-refractivity contribution in [2.75, 3.05) is 25.5 Å². The van der Waals surface area contributed by atoms with Gasteiger partial charge in [0.05, 0.1) is 5.56 Å². The number of anilines is 1. The summed E-state index contributed by atoms with van der Waals surface area (Å²) in [6.07, 6.45) is 2.52. The number of rotatable bonds is 5. The Hall–Kier alpha value is -2.36. The van der Waals surface area contributed by atoms with E-state index >= 15 is 0 Å². The number of carbonyl (C=O) groups is 1. The van der Waals surface area contributed by atoms with Gasteiger partial charge >= 0.3 is 0 Å². The molecule has 2 aromatic rings. The molecule has 0 saturated carbocycles. The van der Waals surface area contributed by atoms with Gasteiger partial charge < -0.3 is 10.2 Å². The molecule has 1 amide bonds. The average molecular weight is 283 g/mol. The SMILES string of the molecule is Cc1cccc(CCNC(=O)c2cccnc2N(C)C)c1. The van der Waals surface area contributed by atoms with Crippen LogP contribution in [0.2, 0.25) is 0 Å². The summed E-state index contributed by atoms with van der Waals surface area (Å²) in [4.78, 5) is 18.3. The standard InChI is InChI=1S/C17H21N3O/c1-13-6-4-7-14(12-13)9-11-19-17(21)15-8-5-10-18-16(15)20(2)3/h4-8,10,12H,9,11H2,1-3H3,(H,19,21). The number of carbonyl (C=O) groups excluding carboxylic acids is 1. The molecule has 2 rings (SSSR count). The summed E-state index contributed by atoms with van der Waals surface area (Å²) < 4.78 is 0. The van der Waals surface area contributed by atoms with Gasteiger partial charge in [0.1, 0.15) is 5.82 Å². The molecule has 1 N–H and O–H groups in total. The lowest BCUT2D eigenvalue weighted by Crippen LogP contribution is -2.28. The van der Waals surface area contributed by atoms with Gasteiger partial charge in [0.2, 0.25) is 0 Å². The fraction of sp³-hybridized carbons (Fsp3) is 0.294. The Morgan fingerprint density at radius 1 is 1.24 bits per heavy atom. The Bertz CT molecular complexity index is 623. The van der Waals surface area contributed by atoms with Crippen molar-refractivity contribution in [1.82, 2.24) is 10.3 Å². The number of nitrogens with one attached hydrogen (secondary N) is 1. The number of aromatic nitrogens is 1. The van der Waals surface area contributed by atoms with Crippen LogP contribution in [0.1, 0.15) is 21.5 Å². The number of aryl methyl sites for hydroxylation is 1. The van der Waals surface area contributed by atoms with Crippen LogP contribution in [0.5, 0.6) is 0 Å². The van der Waals surface area contributed by atoms with Crippen LogP contribution in [0.3, 0.4) is 0 Å². The Labute approximate surface area is 125 Å². The highest BCUT2D eigenvalue weighted by molar-refractivity contribution is 5.98. The average Bonchev–Trinajstić information content (AvgIpc) is 2.47. The van der Waals surface area contributed by atoms with Gasteiger partial charge in [-0.1, -0.05) is 29.8 Å². The van der Waals surface area contributed by atoms with E-state index in [1.54, 1.807) is 18.3 Å². The molecule has 0 aliphatic rings. The van der Waals surface area contributed by atoms with Crippen molar-refractivity contribution >= 4 is 11.7 Å². The van der Waals surface area contributed by atoms with Crippen LogP contribution in [0.4, 0.5) is 5.82 Å². The number of hydrogen-bond donors (Lipinski definition) is 1. The maximum Gasteiger partial charge on any atom is 0.255 e. The molecular weight excluding hydrogens is 262 g/mol. The molecule has 0 bridgehead atoms. The molecule has 21 heavy (non-hydrogen) atoms. The summed E-state index contributed by atoms with van der Waals surface area (Å²) in [5, 5.41) is 2.96. The molecule has 1 heterocycles. The van der Waals surface area contributed by atoms with Gasteiger partial charge in [0, 0.05) is 26.8 Å². The van der Waals surface area contributed by atoms with Gasteiger partial charge in [-0.05, 0) is 31.0 Å². The van der Waals surface area contributed by atoms with Crippen LogP contribution in [-0.2, 0) is 6.42 Å². The number of hydrogen-bond acceptors (Lipinski definition) is 3. The van der Waals surface area contributed by atoms with E-state index in [-0.39, 0.29) is 5.91 Å². The maximum atomic E-state index is 12.2. The van der Waals surface area contributed by atoms with Crippen molar-refractivity contribution in [3.05, 3.63) is 59.3 Å². The second-order valence-corrected chi connectivity index (χ2v) is 5.26. The summed E-state index contributed by atoms with van der Waals surface area (Å²) in [7, 11) is 3.76. The third-order valence-corrected chi connectivity index (χ3v) is 3.24. The highest BCUT2D eigenvalue weighted by Crippen LogP contribution is 2.14. The molecule has 110 valence electrons. The van der Waals surface area contributed by atoms with E-state index < -0.39 is 0 Å². The van der Waals surface area contributed by atoms with Crippen LogP contribution in [0.15, 0.2) is 42.6 Å². The molecule has 1 aromatic carbocycles. The van der Waals surface area contributed by atoms with Gasteiger partial charge in [-0.2, -0.15) is 0 Å². The predicted octanol–water partition coefficient (Wildman–Crippen LogP) is 2.43. The van der Waals surface area contributed by atoms with E-state index in [2.05, 4.69) is 35.4 Å². The van der Waals surface area contributed by atoms with Gasteiger partial charge in [-0.15, -0.1) is 0 Å². The highest BCUT2D eigenvalue weighted by atomic mass is 16.1. The molecule has 0 fully saturated rings. The lowest BCUT2D eigenvalue weighted by molar-refractivity contribution is 0.0954. The maximum absolute atomic E-state index is 12.2. The number of nitrogens with zero attached hydrogens (tertiary/aromatic N) is 2. The second kappa shape index (κ2) is 6.88. The molecule has 0 unspecified atom stereocenters. The van der Waals surface area contributed by atoms with Gasteiger partial charge in [0.15, 0.2) is 0 Å². The molecule has 0 atom stereocenters. The highest BCUT2D eigenvalue weighted by Gasteiger charge is 2.12. The summed E-state index contributed by atoms with van der Waals surface area (Å²) in [6.45, 7) is 2.69. The monoisotopic (exact) mass is 283 g/mol. The third kappa shape index (κ3) is 4.05. The minimum absolute atomic E-state index is 0.0838. The van der Waals surface area contributed by atoms with Crippen molar-refractivity contribution in [3.8, 4) is 0 Å². The quantitative estimate of drug-likeness (QED) is 0.916. The Morgan fingerprint density at radius 3 is 2.76 bits per heavy atom. The first-order valence-corrected chi connectivity index (χ1v) is 7.04. The molecule has 4 nitrogen and oxygen atoms in total. The number of amides is 1. The number of benzene rings is 1. The topological polar surface area (TPSA) is 45.2 Å². The van der Waals surface area contributed by atoms with E-state index in [0.717, 1.165) is 6.42 Å². The van der Waals surface area contributed by atoms with E-state index in [0.29, 0.717) is 17.9 Å². The van der Waals surface area contributed by atoms with E-state index in [1.807, 2.05) is 25.1 Å². The van der Waals surface area contributed by atoms with Crippen LogP contribution in [0.25, 0.3) is 0 Å². The third-order valence-electron chi connectivity index (χ3n) is 3.24. The Morgan fingerprint density at radius 2 is 2.05 bits per heavy atom. The molecule has 0 saturated heterocycles. The molecule has 0 radical (unpaired) electrons. The summed E-state index contributed by atoms with van der Waals surface area (Å²) >= 11 is 0. The van der Waals surface area contributed by atoms with Crippen molar-refractivity contribution in [2.24, 2.45) is 0 Å². The minimum atomic E-state index is -0.0838. The number of pyridine rings is 1. The first-order valence-electron chi connectivity index (χ1n) is 7.04. The fourth-order valence-electron chi connectivity index (χ4n) is 2.21.